The van der Waals surface area contributed by atoms with Gasteiger partial charge in [-0.1, -0.05) is 18.2 Å². The fourth-order valence-electron chi connectivity index (χ4n) is 3.61. The third-order valence-electron chi connectivity index (χ3n) is 4.95. The second-order valence-corrected chi connectivity index (χ2v) is 6.37. The average molecular weight is 337 g/mol. The minimum Gasteiger partial charge on any atom is -0.497 e. The molecule has 0 bridgehead atoms. The molecule has 0 saturated carbocycles. The lowest BCUT2D eigenvalue weighted by Gasteiger charge is -2.33. The second kappa shape index (κ2) is 6.67. The van der Waals surface area contributed by atoms with E-state index < -0.39 is 0 Å². The third kappa shape index (κ3) is 3.02. The lowest BCUT2D eigenvalue weighted by atomic mass is 9.89. The minimum absolute atomic E-state index is 0.299. The van der Waals surface area contributed by atoms with Crippen LogP contribution in [0.1, 0.15) is 24.3 Å². The van der Waals surface area contributed by atoms with E-state index in [1.54, 1.807) is 13.2 Å². The molecule has 128 valence electrons. The summed E-state index contributed by atoms with van der Waals surface area (Å²) in [7, 11) is 1.70. The number of hydrogen-bond donors (Lipinski definition) is 0. The summed E-state index contributed by atoms with van der Waals surface area (Å²) >= 11 is 0. The molecule has 0 aliphatic carbocycles. The molecule has 4 rings (SSSR count). The third-order valence-corrected chi connectivity index (χ3v) is 4.95. The van der Waals surface area contributed by atoms with E-state index in [-0.39, 0.29) is 5.82 Å². The molecule has 0 radical (unpaired) electrons. The number of methoxy groups -OCH3 is 1. The number of nitrogens with zero attached hydrogens (tertiary/aromatic N) is 3. The molecular weight excluding hydrogens is 317 g/mol. The standard InChI is InChI=1S/C20H20FN3O/c1-25-16-5-2-4-15(12-16)14-8-10-24(11-9-14)20-17-6-3-7-18(21)19(17)22-13-23-20/h2-7,12-14H,8-11H2,1H3. The van der Waals surface area contributed by atoms with E-state index in [0.29, 0.717) is 11.4 Å². The first-order valence-electron chi connectivity index (χ1n) is 8.54. The number of rotatable bonds is 3. The smallest absolute Gasteiger partial charge is 0.149 e. The van der Waals surface area contributed by atoms with Crippen molar-refractivity contribution in [1.82, 2.24) is 9.97 Å². The number of aromatic nitrogens is 2. The van der Waals surface area contributed by atoms with Crippen molar-refractivity contribution in [3.63, 3.8) is 0 Å². The van der Waals surface area contributed by atoms with Crippen molar-refractivity contribution < 1.29 is 9.13 Å². The molecule has 1 fully saturated rings. The summed E-state index contributed by atoms with van der Waals surface area (Å²) in [6, 6.07) is 13.3. The van der Waals surface area contributed by atoms with E-state index in [9.17, 15) is 4.39 Å². The summed E-state index contributed by atoms with van der Waals surface area (Å²) in [6.07, 6.45) is 3.52. The Morgan fingerprint density at radius 1 is 1.08 bits per heavy atom. The average Bonchev–Trinajstić information content (AvgIpc) is 2.68. The fraction of sp³-hybridized carbons (Fsp3) is 0.300. The highest BCUT2D eigenvalue weighted by Gasteiger charge is 2.23. The summed E-state index contributed by atoms with van der Waals surface area (Å²) in [6.45, 7) is 1.79. The molecule has 0 atom stereocenters. The Hall–Kier alpha value is -2.69. The van der Waals surface area contributed by atoms with Gasteiger partial charge in [-0.2, -0.15) is 0 Å². The Balaban J connectivity index is 1.55. The van der Waals surface area contributed by atoms with Gasteiger partial charge in [0.05, 0.1) is 7.11 Å². The number of benzene rings is 2. The van der Waals surface area contributed by atoms with Gasteiger partial charge in [-0.25, -0.2) is 14.4 Å². The van der Waals surface area contributed by atoms with Gasteiger partial charge >= 0.3 is 0 Å². The Labute approximate surface area is 146 Å². The van der Waals surface area contributed by atoms with Crippen LogP contribution in [-0.2, 0) is 0 Å². The van der Waals surface area contributed by atoms with Crippen LogP contribution in [0.5, 0.6) is 5.75 Å². The maximum absolute atomic E-state index is 14.0. The molecule has 1 aliphatic rings. The van der Waals surface area contributed by atoms with Crippen molar-refractivity contribution in [2.45, 2.75) is 18.8 Å². The maximum atomic E-state index is 14.0. The van der Waals surface area contributed by atoms with Gasteiger partial charge in [0.2, 0.25) is 0 Å². The van der Waals surface area contributed by atoms with E-state index >= 15 is 0 Å². The molecule has 5 heteroatoms. The highest BCUT2D eigenvalue weighted by Crippen LogP contribution is 2.33. The minimum atomic E-state index is -0.299. The van der Waals surface area contributed by atoms with Gasteiger partial charge in [0.15, 0.2) is 0 Å². The van der Waals surface area contributed by atoms with Crippen molar-refractivity contribution in [3.05, 3.63) is 60.2 Å². The fourth-order valence-corrected chi connectivity index (χ4v) is 3.61. The number of para-hydroxylation sites is 1. The number of ether oxygens (including phenoxy) is 1. The van der Waals surface area contributed by atoms with Crippen LogP contribution >= 0.6 is 0 Å². The van der Waals surface area contributed by atoms with Crippen LogP contribution in [0.15, 0.2) is 48.8 Å². The molecule has 1 aromatic heterocycles. The first-order chi connectivity index (χ1) is 12.3. The zero-order valence-corrected chi connectivity index (χ0v) is 14.2. The summed E-state index contributed by atoms with van der Waals surface area (Å²) in [5.74, 6) is 1.94. The quantitative estimate of drug-likeness (QED) is 0.719. The maximum Gasteiger partial charge on any atom is 0.149 e. The van der Waals surface area contributed by atoms with Gasteiger partial charge in [0, 0.05) is 18.5 Å². The van der Waals surface area contributed by atoms with E-state index in [4.69, 9.17) is 4.74 Å². The normalized spacial score (nSPS) is 15.5. The number of piperidine rings is 1. The Morgan fingerprint density at radius 2 is 1.88 bits per heavy atom. The summed E-state index contributed by atoms with van der Waals surface area (Å²) in [4.78, 5) is 10.8. The largest absolute Gasteiger partial charge is 0.497 e. The van der Waals surface area contributed by atoms with E-state index in [0.717, 1.165) is 42.9 Å². The van der Waals surface area contributed by atoms with Crippen LogP contribution in [0.3, 0.4) is 0 Å². The molecule has 0 spiro atoms. The van der Waals surface area contributed by atoms with Gasteiger partial charge in [0.25, 0.3) is 0 Å². The van der Waals surface area contributed by atoms with Gasteiger partial charge in [-0.3, -0.25) is 0 Å². The zero-order chi connectivity index (χ0) is 17.2. The molecule has 0 N–H and O–H groups in total. The lowest BCUT2D eigenvalue weighted by Crippen LogP contribution is -2.33. The number of halogens is 1. The van der Waals surface area contributed by atoms with Crippen molar-refractivity contribution in [2.24, 2.45) is 0 Å². The van der Waals surface area contributed by atoms with Crippen molar-refractivity contribution in [2.75, 3.05) is 25.1 Å². The van der Waals surface area contributed by atoms with Crippen LogP contribution in [0.2, 0.25) is 0 Å². The molecule has 25 heavy (non-hydrogen) atoms. The predicted octanol–water partition coefficient (Wildman–Crippen LogP) is 4.16. The SMILES string of the molecule is COc1cccc(C2CCN(c3ncnc4c(F)cccc34)CC2)c1. The van der Waals surface area contributed by atoms with Gasteiger partial charge < -0.3 is 9.64 Å². The monoisotopic (exact) mass is 337 g/mol. The summed E-state index contributed by atoms with van der Waals surface area (Å²) < 4.78 is 19.3. The van der Waals surface area contributed by atoms with Crippen LogP contribution in [0.4, 0.5) is 10.2 Å². The first kappa shape index (κ1) is 15.8. The molecule has 3 aromatic rings. The van der Waals surface area contributed by atoms with Crippen LogP contribution in [0.25, 0.3) is 10.9 Å². The Morgan fingerprint density at radius 3 is 2.68 bits per heavy atom. The van der Waals surface area contributed by atoms with Gasteiger partial charge in [0.1, 0.15) is 29.2 Å². The summed E-state index contributed by atoms with van der Waals surface area (Å²) in [5.41, 5.74) is 1.71. The molecular formula is C20H20FN3O. The predicted molar refractivity (Wildman–Crippen MR) is 96.7 cm³/mol. The summed E-state index contributed by atoms with van der Waals surface area (Å²) in [5, 5.41) is 0.780. The number of fused-ring (bicyclic) bond motifs is 1. The molecule has 0 amide bonds. The molecule has 0 unspecified atom stereocenters. The van der Waals surface area contributed by atoms with Crippen molar-refractivity contribution in [3.8, 4) is 5.75 Å². The molecule has 4 nitrogen and oxygen atoms in total. The van der Waals surface area contributed by atoms with E-state index in [2.05, 4.69) is 27.0 Å². The molecule has 1 aliphatic heterocycles. The molecule has 2 heterocycles. The molecule has 2 aromatic carbocycles. The van der Waals surface area contributed by atoms with E-state index in [1.807, 2.05) is 18.2 Å². The van der Waals surface area contributed by atoms with Crippen LogP contribution in [-0.4, -0.2) is 30.2 Å². The highest BCUT2D eigenvalue weighted by molar-refractivity contribution is 5.89. The zero-order valence-electron chi connectivity index (χ0n) is 14.2. The number of anilines is 1. The number of hydrogen-bond acceptors (Lipinski definition) is 4. The lowest BCUT2D eigenvalue weighted by molar-refractivity contribution is 0.412. The van der Waals surface area contributed by atoms with Gasteiger partial charge in [-0.05, 0) is 48.6 Å². The Kier molecular flexibility index (Phi) is 4.22. The molecule has 1 saturated heterocycles. The second-order valence-electron chi connectivity index (χ2n) is 6.37. The first-order valence-corrected chi connectivity index (χ1v) is 8.54. The highest BCUT2D eigenvalue weighted by atomic mass is 19.1. The van der Waals surface area contributed by atoms with Crippen LogP contribution < -0.4 is 9.64 Å². The topological polar surface area (TPSA) is 38.2 Å². The van der Waals surface area contributed by atoms with Crippen molar-refractivity contribution >= 4 is 16.7 Å². The Bertz CT molecular complexity index is 891. The van der Waals surface area contributed by atoms with Crippen LogP contribution in [0, 0.1) is 5.82 Å². The van der Waals surface area contributed by atoms with Gasteiger partial charge in [-0.15, -0.1) is 0 Å². The van der Waals surface area contributed by atoms with E-state index in [1.165, 1.54) is 18.0 Å². The van der Waals surface area contributed by atoms with Crippen molar-refractivity contribution in [1.29, 1.82) is 0 Å².